The Morgan fingerprint density at radius 2 is 2.18 bits per heavy atom. The molecule has 1 fully saturated rings. The van der Waals surface area contributed by atoms with Crippen LogP contribution >= 0.6 is 23.1 Å². The molecule has 1 amide bonds. The maximum absolute atomic E-state index is 14.2. The van der Waals surface area contributed by atoms with Crippen LogP contribution in [0, 0.1) is 5.82 Å². The minimum atomic E-state index is -0.369. The summed E-state index contributed by atoms with van der Waals surface area (Å²) in [5, 5.41) is 0.511. The van der Waals surface area contributed by atoms with Crippen LogP contribution in [0.15, 0.2) is 47.4 Å². The maximum atomic E-state index is 14.2. The minimum Gasteiger partial charge on any atom is -0.376 e. The molecule has 1 unspecified atom stereocenters. The van der Waals surface area contributed by atoms with E-state index in [1.54, 1.807) is 22.7 Å². The zero-order valence-corrected chi connectivity index (χ0v) is 17.2. The first-order chi connectivity index (χ1) is 13.7. The van der Waals surface area contributed by atoms with Gasteiger partial charge in [0.1, 0.15) is 11.3 Å². The number of amides is 1. The summed E-state index contributed by atoms with van der Waals surface area (Å²) in [6.45, 7) is 3.20. The summed E-state index contributed by atoms with van der Waals surface area (Å²) >= 11 is 2.97. The number of fused-ring (bicyclic) bond motifs is 1. The summed E-state index contributed by atoms with van der Waals surface area (Å²) < 4.78 is 20.7. The molecule has 0 spiro atoms. The molecule has 0 bridgehead atoms. The van der Waals surface area contributed by atoms with Crippen molar-refractivity contribution in [1.29, 1.82) is 0 Å². The van der Waals surface area contributed by atoms with Gasteiger partial charge in [-0.2, -0.15) is 0 Å². The summed E-state index contributed by atoms with van der Waals surface area (Å²) in [6.07, 6.45) is 1.88. The molecule has 146 valence electrons. The van der Waals surface area contributed by atoms with Crippen molar-refractivity contribution < 1.29 is 13.9 Å². The van der Waals surface area contributed by atoms with Crippen molar-refractivity contribution in [3.63, 3.8) is 0 Å². The second kappa shape index (κ2) is 8.59. The number of carbonyl (C=O) groups excluding carboxylic acids is 1. The van der Waals surface area contributed by atoms with Gasteiger partial charge < -0.3 is 4.74 Å². The minimum absolute atomic E-state index is 0.0215. The number of halogens is 1. The van der Waals surface area contributed by atoms with Crippen LogP contribution in [-0.2, 0) is 4.74 Å². The number of nitrogens with zero attached hydrogens (tertiary/aromatic N) is 2. The second-order valence-corrected chi connectivity index (χ2v) is 8.88. The van der Waals surface area contributed by atoms with Gasteiger partial charge in [0, 0.05) is 11.5 Å². The van der Waals surface area contributed by atoms with Crippen molar-refractivity contribution in [3.05, 3.63) is 53.8 Å². The maximum Gasteiger partial charge on any atom is 0.261 e. The predicted octanol–water partition coefficient (Wildman–Crippen LogP) is 5.37. The Morgan fingerprint density at radius 3 is 2.93 bits per heavy atom. The molecule has 0 radical (unpaired) electrons. The van der Waals surface area contributed by atoms with Gasteiger partial charge in [-0.25, -0.2) is 9.37 Å². The van der Waals surface area contributed by atoms with E-state index < -0.39 is 0 Å². The fourth-order valence-electron chi connectivity index (χ4n) is 3.33. The number of aromatic nitrogens is 1. The Balaban J connectivity index is 1.74. The van der Waals surface area contributed by atoms with Gasteiger partial charge in [0.05, 0.1) is 22.9 Å². The highest BCUT2D eigenvalue weighted by molar-refractivity contribution is 7.99. The van der Waals surface area contributed by atoms with Gasteiger partial charge in [-0.3, -0.25) is 9.69 Å². The van der Waals surface area contributed by atoms with Gasteiger partial charge in [0.25, 0.3) is 5.91 Å². The lowest BCUT2D eigenvalue weighted by Gasteiger charge is -2.24. The largest absolute Gasteiger partial charge is 0.376 e. The van der Waals surface area contributed by atoms with Crippen LogP contribution in [0.5, 0.6) is 0 Å². The Bertz CT molecular complexity index is 985. The number of hydrogen-bond acceptors (Lipinski definition) is 5. The topological polar surface area (TPSA) is 42.4 Å². The van der Waals surface area contributed by atoms with Crippen LogP contribution in [-0.4, -0.2) is 35.9 Å². The lowest BCUT2D eigenvalue weighted by molar-refractivity contribution is 0.0915. The molecule has 1 aromatic heterocycles. The summed E-state index contributed by atoms with van der Waals surface area (Å²) in [5.74, 6) is 0.389. The fraction of sp³-hybridized carbons (Fsp3) is 0.333. The van der Waals surface area contributed by atoms with Gasteiger partial charge in [0.15, 0.2) is 5.13 Å². The number of thiazole rings is 1. The van der Waals surface area contributed by atoms with E-state index in [2.05, 4.69) is 11.9 Å². The number of thioether (sulfide) groups is 1. The van der Waals surface area contributed by atoms with Gasteiger partial charge in [-0.1, -0.05) is 36.5 Å². The number of hydrogen-bond donors (Lipinski definition) is 0. The third-order valence-electron chi connectivity index (χ3n) is 4.66. The molecule has 1 aliphatic heterocycles. The summed E-state index contributed by atoms with van der Waals surface area (Å²) in [7, 11) is 0. The van der Waals surface area contributed by atoms with Crippen LogP contribution in [0.3, 0.4) is 0 Å². The first-order valence-electron chi connectivity index (χ1n) is 9.37. The molecule has 0 saturated carbocycles. The predicted molar refractivity (Wildman–Crippen MR) is 113 cm³/mol. The number of benzene rings is 2. The number of ether oxygens (including phenoxy) is 1. The third kappa shape index (κ3) is 3.92. The van der Waals surface area contributed by atoms with Gasteiger partial charge in [0.2, 0.25) is 0 Å². The zero-order valence-electron chi connectivity index (χ0n) is 15.6. The molecule has 4 nitrogen and oxygen atoms in total. The smallest absolute Gasteiger partial charge is 0.261 e. The summed E-state index contributed by atoms with van der Waals surface area (Å²) in [6, 6.07) is 12.5. The van der Waals surface area contributed by atoms with Gasteiger partial charge in [-0.15, -0.1) is 11.8 Å². The van der Waals surface area contributed by atoms with Crippen molar-refractivity contribution in [2.75, 3.05) is 23.8 Å². The van der Waals surface area contributed by atoms with Crippen molar-refractivity contribution in [3.8, 4) is 0 Å². The van der Waals surface area contributed by atoms with Gasteiger partial charge in [-0.05, 0) is 42.9 Å². The molecule has 0 aliphatic carbocycles. The highest BCUT2D eigenvalue weighted by Gasteiger charge is 2.28. The van der Waals surface area contributed by atoms with E-state index in [4.69, 9.17) is 4.74 Å². The molecule has 1 aliphatic rings. The highest BCUT2D eigenvalue weighted by atomic mass is 32.2. The molecule has 0 N–H and O–H groups in total. The Hall–Kier alpha value is -1.96. The van der Waals surface area contributed by atoms with E-state index in [-0.39, 0.29) is 17.8 Å². The molecule has 2 aromatic carbocycles. The molecule has 3 aromatic rings. The summed E-state index contributed by atoms with van der Waals surface area (Å²) in [4.78, 5) is 20.6. The van der Waals surface area contributed by atoms with E-state index in [0.29, 0.717) is 29.4 Å². The average molecular weight is 417 g/mol. The first kappa shape index (κ1) is 19.4. The molecular weight excluding hydrogens is 395 g/mol. The molecular formula is C21H21FN2O2S2. The molecule has 1 saturated heterocycles. The Kier molecular flexibility index (Phi) is 5.94. The van der Waals surface area contributed by atoms with Crippen molar-refractivity contribution in [2.45, 2.75) is 30.8 Å². The average Bonchev–Trinajstić information content (AvgIpc) is 3.36. The molecule has 28 heavy (non-hydrogen) atoms. The van der Waals surface area contributed by atoms with E-state index in [1.807, 2.05) is 30.3 Å². The van der Waals surface area contributed by atoms with Gasteiger partial charge >= 0.3 is 0 Å². The van der Waals surface area contributed by atoms with Crippen LogP contribution in [0.4, 0.5) is 9.52 Å². The van der Waals surface area contributed by atoms with E-state index >= 15 is 0 Å². The van der Waals surface area contributed by atoms with Crippen LogP contribution in [0.1, 0.15) is 30.1 Å². The molecule has 4 rings (SSSR count). The number of rotatable bonds is 6. The van der Waals surface area contributed by atoms with Crippen molar-refractivity contribution >= 4 is 44.4 Å². The molecule has 2 heterocycles. The zero-order chi connectivity index (χ0) is 19.5. The number of para-hydroxylation sites is 1. The highest BCUT2D eigenvalue weighted by Crippen LogP contribution is 2.33. The number of anilines is 1. The Morgan fingerprint density at radius 1 is 1.32 bits per heavy atom. The lowest BCUT2D eigenvalue weighted by atomic mass is 10.1. The number of carbonyl (C=O) groups is 1. The third-order valence-corrected chi connectivity index (χ3v) is 6.66. The monoisotopic (exact) mass is 416 g/mol. The second-order valence-electron chi connectivity index (χ2n) is 6.56. The fourth-order valence-corrected chi connectivity index (χ4v) is 5.11. The quantitative estimate of drug-likeness (QED) is 0.507. The van der Waals surface area contributed by atoms with E-state index in [1.165, 1.54) is 17.4 Å². The SMILES string of the molecule is CCSc1ccccc1C(=O)N(CC1CCCO1)c1nc2c(F)cccc2s1. The normalized spacial score (nSPS) is 16.6. The van der Waals surface area contributed by atoms with Crippen molar-refractivity contribution in [1.82, 2.24) is 4.98 Å². The van der Waals surface area contributed by atoms with Crippen LogP contribution in [0.2, 0.25) is 0 Å². The standard InChI is InChI=1S/C21H21FN2O2S2/c1-2-27-17-10-4-3-8-15(17)20(25)24(13-14-7-6-12-26-14)21-23-19-16(22)9-5-11-18(19)28-21/h3-5,8-11,14H,2,6-7,12-13H2,1H3. The molecule has 1 atom stereocenters. The van der Waals surface area contributed by atoms with E-state index in [9.17, 15) is 9.18 Å². The van der Waals surface area contributed by atoms with Crippen LogP contribution in [0.25, 0.3) is 10.2 Å². The van der Waals surface area contributed by atoms with Crippen LogP contribution < -0.4 is 4.90 Å². The van der Waals surface area contributed by atoms with Crippen molar-refractivity contribution in [2.24, 2.45) is 0 Å². The Labute approximate surface area is 171 Å². The lowest BCUT2D eigenvalue weighted by Crippen LogP contribution is -2.37. The molecule has 7 heteroatoms. The summed E-state index contributed by atoms with van der Waals surface area (Å²) in [5.41, 5.74) is 0.955. The van der Waals surface area contributed by atoms with E-state index in [0.717, 1.165) is 28.2 Å². The first-order valence-corrected chi connectivity index (χ1v) is 11.2.